The van der Waals surface area contributed by atoms with Crippen molar-refractivity contribution in [2.45, 2.75) is 56.4 Å². The molecule has 30 heavy (non-hydrogen) atoms. The third kappa shape index (κ3) is 6.06. The first kappa shape index (κ1) is 22.3. The van der Waals surface area contributed by atoms with Gasteiger partial charge in [-0.1, -0.05) is 23.4 Å². The molecule has 0 fully saturated rings. The fourth-order valence-corrected chi connectivity index (χ4v) is 4.38. The monoisotopic (exact) mass is 451 g/mol. The number of aromatic nitrogens is 3. The van der Waals surface area contributed by atoms with Crippen LogP contribution in [0, 0.1) is 6.92 Å². The molecule has 0 amide bonds. The second kappa shape index (κ2) is 10.6. The molecule has 3 rings (SSSR count). The standard InChI is InChI=1S/C20H22ClN3O5S/c1-12-8-22-9-15(21)14(12)10-30-20-23-16-5-2-4-13(16)19(24-20)29-11-28-18(27)7-3-6-17(25)26/h8-9H,2-7,10-11H2,1H3,(H,25,26). The number of thioether (sulfide) groups is 1. The smallest absolute Gasteiger partial charge is 0.308 e. The van der Waals surface area contributed by atoms with Gasteiger partial charge >= 0.3 is 11.9 Å². The molecule has 0 aromatic carbocycles. The quantitative estimate of drug-likeness (QED) is 0.250. The molecule has 1 aliphatic rings. The van der Waals surface area contributed by atoms with E-state index >= 15 is 0 Å². The van der Waals surface area contributed by atoms with Crippen molar-refractivity contribution < 1.29 is 24.2 Å². The highest BCUT2D eigenvalue weighted by Crippen LogP contribution is 2.32. The Morgan fingerprint density at radius 3 is 2.83 bits per heavy atom. The number of esters is 1. The van der Waals surface area contributed by atoms with Crippen molar-refractivity contribution in [3.05, 3.63) is 39.8 Å². The molecule has 0 atom stereocenters. The molecule has 0 unspecified atom stereocenters. The number of carboxylic acid groups (broad SMARTS) is 1. The lowest BCUT2D eigenvalue weighted by Gasteiger charge is -2.12. The summed E-state index contributed by atoms with van der Waals surface area (Å²) in [6, 6.07) is 0. The van der Waals surface area contributed by atoms with E-state index in [-0.39, 0.29) is 26.1 Å². The van der Waals surface area contributed by atoms with Gasteiger partial charge in [-0.2, -0.15) is 4.98 Å². The summed E-state index contributed by atoms with van der Waals surface area (Å²) in [6.45, 7) is 1.69. The highest BCUT2D eigenvalue weighted by atomic mass is 35.5. The molecule has 0 saturated heterocycles. The highest BCUT2D eigenvalue weighted by molar-refractivity contribution is 7.98. The highest BCUT2D eigenvalue weighted by Gasteiger charge is 2.21. The number of carbonyl (C=O) groups excluding carboxylic acids is 1. The van der Waals surface area contributed by atoms with E-state index in [9.17, 15) is 9.59 Å². The van der Waals surface area contributed by atoms with E-state index in [2.05, 4.69) is 15.0 Å². The van der Waals surface area contributed by atoms with E-state index in [1.54, 1.807) is 12.4 Å². The fraction of sp³-hybridized carbons (Fsp3) is 0.450. The van der Waals surface area contributed by atoms with Crippen LogP contribution >= 0.6 is 23.4 Å². The molecule has 10 heteroatoms. The van der Waals surface area contributed by atoms with Crippen LogP contribution < -0.4 is 4.74 Å². The zero-order valence-electron chi connectivity index (χ0n) is 16.5. The number of carbonyl (C=O) groups is 2. The van der Waals surface area contributed by atoms with E-state index in [4.69, 9.17) is 26.2 Å². The number of carboxylic acids is 1. The van der Waals surface area contributed by atoms with Gasteiger partial charge in [0.05, 0.1) is 10.7 Å². The molecular formula is C20H22ClN3O5S. The zero-order chi connectivity index (χ0) is 21.5. The summed E-state index contributed by atoms with van der Waals surface area (Å²) in [5.41, 5.74) is 3.88. The topological polar surface area (TPSA) is 112 Å². The predicted octanol–water partition coefficient (Wildman–Crippen LogP) is 3.75. The maximum Gasteiger partial charge on any atom is 0.308 e. The van der Waals surface area contributed by atoms with Crippen LogP contribution in [0.1, 0.15) is 48.1 Å². The first-order chi connectivity index (χ1) is 14.4. The van der Waals surface area contributed by atoms with Gasteiger partial charge in [-0.25, -0.2) is 4.98 Å². The van der Waals surface area contributed by atoms with Crippen LogP contribution in [0.5, 0.6) is 5.88 Å². The third-order valence-electron chi connectivity index (χ3n) is 4.63. The van der Waals surface area contributed by atoms with Crippen LogP contribution in [-0.2, 0) is 32.9 Å². The second-order valence-electron chi connectivity index (χ2n) is 6.82. The maximum atomic E-state index is 11.7. The van der Waals surface area contributed by atoms with Crippen molar-refractivity contribution in [1.29, 1.82) is 0 Å². The summed E-state index contributed by atoms with van der Waals surface area (Å²) in [6.07, 6.45) is 6.22. The molecule has 2 aromatic rings. The van der Waals surface area contributed by atoms with Crippen LogP contribution in [0.15, 0.2) is 17.6 Å². The number of aliphatic carboxylic acids is 1. The van der Waals surface area contributed by atoms with Crippen LogP contribution in [0.25, 0.3) is 0 Å². The van der Waals surface area contributed by atoms with E-state index in [0.717, 1.165) is 41.6 Å². The van der Waals surface area contributed by atoms with Crippen LogP contribution in [0.3, 0.4) is 0 Å². The average Bonchev–Trinajstić information content (AvgIpc) is 3.16. The number of rotatable bonds is 10. The lowest BCUT2D eigenvalue weighted by Crippen LogP contribution is -2.13. The molecule has 0 bridgehead atoms. The van der Waals surface area contributed by atoms with Crippen LogP contribution in [-0.4, -0.2) is 38.8 Å². The van der Waals surface area contributed by atoms with Crippen molar-refractivity contribution in [3.8, 4) is 5.88 Å². The van der Waals surface area contributed by atoms with Gasteiger partial charge in [-0.05, 0) is 43.7 Å². The van der Waals surface area contributed by atoms with E-state index in [1.165, 1.54) is 11.8 Å². The molecule has 2 aromatic heterocycles. The molecule has 0 spiro atoms. The summed E-state index contributed by atoms with van der Waals surface area (Å²) < 4.78 is 10.7. The number of aryl methyl sites for hydroxylation is 2. The Kier molecular flexibility index (Phi) is 7.87. The van der Waals surface area contributed by atoms with Crippen LogP contribution in [0.4, 0.5) is 0 Å². The lowest BCUT2D eigenvalue weighted by atomic mass is 10.2. The summed E-state index contributed by atoms with van der Waals surface area (Å²) in [7, 11) is 0. The molecule has 8 nitrogen and oxygen atoms in total. The van der Waals surface area contributed by atoms with Gasteiger partial charge in [0, 0.05) is 36.6 Å². The maximum absolute atomic E-state index is 11.7. The molecule has 160 valence electrons. The van der Waals surface area contributed by atoms with Crippen molar-refractivity contribution >= 4 is 35.3 Å². The van der Waals surface area contributed by atoms with Gasteiger partial charge in [-0.15, -0.1) is 0 Å². The second-order valence-corrected chi connectivity index (χ2v) is 8.17. The normalized spacial score (nSPS) is 12.5. The molecule has 2 heterocycles. The average molecular weight is 452 g/mol. The Morgan fingerprint density at radius 1 is 1.23 bits per heavy atom. The number of ether oxygens (including phenoxy) is 2. The van der Waals surface area contributed by atoms with Gasteiger partial charge in [-0.3, -0.25) is 14.6 Å². The number of hydrogen-bond acceptors (Lipinski definition) is 8. The molecule has 0 saturated carbocycles. The van der Waals surface area contributed by atoms with Gasteiger partial charge in [0.2, 0.25) is 12.7 Å². The Balaban J connectivity index is 1.60. The van der Waals surface area contributed by atoms with E-state index < -0.39 is 11.9 Å². The summed E-state index contributed by atoms with van der Waals surface area (Å²) >= 11 is 7.71. The first-order valence-corrected chi connectivity index (χ1v) is 10.9. The SMILES string of the molecule is Cc1cncc(Cl)c1CSc1nc2c(c(OCOC(=O)CCCC(=O)O)n1)CCC2. The Morgan fingerprint density at radius 2 is 2.07 bits per heavy atom. The van der Waals surface area contributed by atoms with Crippen molar-refractivity contribution in [2.24, 2.45) is 0 Å². The minimum absolute atomic E-state index is 0.0324. The lowest BCUT2D eigenvalue weighted by molar-refractivity contribution is -0.150. The summed E-state index contributed by atoms with van der Waals surface area (Å²) in [5, 5.41) is 9.79. The molecule has 1 aliphatic carbocycles. The minimum Gasteiger partial charge on any atom is -0.481 e. The molecule has 0 radical (unpaired) electrons. The van der Waals surface area contributed by atoms with Crippen molar-refractivity contribution in [2.75, 3.05) is 6.79 Å². The third-order valence-corrected chi connectivity index (χ3v) is 5.83. The number of halogens is 1. The number of hydrogen-bond donors (Lipinski definition) is 1. The van der Waals surface area contributed by atoms with E-state index in [1.807, 2.05) is 6.92 Å². The molecule has 0 aliphatic heterocycles. The largest absolute Gasteiger partial charge is 0.481 e. The Bertz CT molecular complexity index is 921. The zero-order valence-corrected chi connectivity index (χ0v) is 18.1. The molecule has 1 N–H and O–H groups in total. The number of pyridine rings is 1. The molecular weight excluding hydrogens is 430 g/mol. The van der Waals surface area contributed by atoms with Gasteiger partial charge in [0.15, 0.2) is 5.16 Å². The fourth-order valence-electron chi connectivity index (χ4n) is 3.05. The van der Waals surface area contributed by atoms with E-state index in [0.29, 0.717) is 21.8 Å². The van der Waals surface area contributed by atoms with Gasteiger partial charge in [0.1, 0.15) is 0 Å². The first-order valence-electron chi connectivity index (χ1n) is 9.56. The van der Waals surface area contributed by atoms with Gasteiger partial charge < -0.3 is 14.6 Å². The van der Waals surface area contributed by atoms with Crippen molar-refractivity contribution in [1.82, 2.24) is 15.0 Å². The van der Waals surface area contributed by atoms with Gasteiger partial charge in [0.25, 0.3) is 0 Å². The number of nitrogens with zero attached hydrogens (tertiary/aromatic N) is 3. The van der Waals surface area contributed by atoms with Crippen molar-refractivity contribution in [3.63, 3.8) is 0 Å². The number of fused-ring (bicyclic) bond motifs is 1. The summed E-state index contributed by atoms with van der Waals surface area (Å²) in [4.78, 5) is 35.4. The van der Waals surface area contributed by atoms with Crippen LogP contribution in [0.2, 0.25) is 5.02 Å². The Hall–Kier alpha value is -2.39. The predicted molar refractivity (Wildman–Crippen MR) is 111 cm³/mol. The minimum atomic E-state index is -0.941. The summed E-state index contributed by atoms with van der Waals surface area (Å²) in [5.74, 6) is -0.414. The Labute approximate surface area is 183 Å².